The van der Waals surface area contributed by atoms with E-state index in [4.69, 9.17) is 10.5 Å². The number of hydrogen-bond donors (Lipinski definition) is 3. The van der Waals surface area contributed by atoms with Crippen molar-refractivity contribution in [2.24, 2.45) is 5.73 Å². The lowest BCUT2D eigenvalue weighted by Gasteiger charge is -2.18. The number of nitrogens with one attached hydrogen (secondary N) is 2. The van der Waals surface area contributed by atoms with Gasteiger partial charge in [-0.2, -0.15) is 5.10 Å². The number of carbonyl (C=O) groups excluding carboxylic acids is 2. The summed E-state index contributed by atoms with van der Waals surface area (Å²) < 4.78 is 6.49. The summed E-state index contributed by atoms with van der Waals surface area (Å²) in [7, 11) is 1.61. The minimum absolute atomic E-state index is 0.0350. The molecular formula is C16H21N5O3. The highest BCUT2D eigenvalue weighted by Gasteiger charge is 2.13. The van der Waals surface area contributed by atoms with Gasteiger partial charge in [-0.1, -0.05) is 19.1 Å². The van der Waals surface area contributed by atoms with Crippen LogP contribution in [0.4, 0.5) is 10.5 Å². The zero-order valence-corrected chi connectivity index (χ0v) is 13.7. The Morgan fingerprint density at radius 3 is 2.62 bits per heavy atom. The Bertz CT molecular complexity index is 696. The minimum atomic E-state index is -0.500. The van der Waals surface area contributed by atoms with Crippen molar-refractivity contribution in [2.45, 2.75) is 25.9 Å². The predicted molar refractivity (Wildman–Crippen MR) is 89.6 cm³/mol. The normalized spacial score (nSPS) is 11.6. The standard InChI is InChI=1S/C16H21N5O3/c1-3-14(11-4-6-13(24-2)7-5-11)20-16(23)19-12-8-18-21(9-12)10-15(17)22/h4-9,14H,3,10H2,1-2H3,(H2,17,22)(H2,19,20,23)/t14-/m0/s1. The topological polar surface area (TPSA) is 111 Å². The molecule has 4 N–H and O–H groups in total. The zero-order valence-electron chi connectivity index (χ0n) is 13.7. The van der Waals surface area contributed by atoms with Crippen molar-refractivity contribution in [1.82, 2.24) is 15.1 Å². The van der Waals surface area contributed by atoms with Gasteiger partial charge in [-0.15, -0.1) is 0 Å². The van der Waals surface area contributed by atoms with Gasteiger partial charge in [0.15, 0.2) is 0 Å². The lowest BCUT2D eigenvalue weighted by atomic mass is 10.0. The molecule has 0 spiro atoms. The summed E-state index contributed by atoms with van der Waals surface area (Å²) in [5, 5.41) is 9.53. The average Bonchev–Trinajstić information content (AvgIpc) is 2.98. The highest BCUT2D eigenvalue weighted by atomic mass is 16.5. The molecule has 8 heteroatoms. The van der Waals surface area contributed by atoms with Crippen LogP contribution in [0.5, 0.6) is 5.75 Å². The fourth-order valence-corrected chi connectivity index (χ4v) is 2.26. The van der Waals surface area contributed by atoms with E-state index in [2.05, 4.69) is 15.7 Å². The largest absolute Gasteiger partial charge is 0.497 e. The van der Waals surface area contributed by atoms with E-state index in [0.29, 0.717) is 5.69 Å². The first-order valence-electron chi connectivity index (χ1n) is 7.54. The van der Waals surface area contributed by atoms with E-state index in [1.165, 1.54) is 10.9 Å². The number of benzene rings is 1. The van der Waals surface area contributed by atoms with Crippen molar-refractivity contribution in [2.75, 3.05) is 12.4 Å². The molecule has 0 aliphatic rings. The second-order valence-electron chi connectivity index (χ2n) is 5.23. The number of rotatable bonds is 7. The van der Waals surface area contributed by atoms with Crippen LogP contribution in [0.25, 0.3) is 0 Å². The van der Waals surface area contributed by atoms with Crippen LogP contribution in [0, 0.1) is 0 Å². The molecule has 8 nitrogen and oxygen atoms in total. The third-order valence-electron chi connectivity index (χ3n) is 3.44. The quantitative estimate of drug-likeness (QED) is 0.716. The lowest BCUT2D eigenvalue weighted by Crippen LogP contribution is -2.32. The summed E-state index contributed by atoms with van der Waals surface area (Å²) >= 11 is 0. The number of hydrogen-bond acceptors (Lipinski definition) is 4. The first kappa shape index (κ1) is 17.3. The molecular weight excluding hydrogens is 310 g/mol. The van der Waals surface area contributed by atoms with E-state index in [1.54, 1.807) is 13.3 Å². The summed E-state index contributed by atoms with van der Waals surface area (Å²) in [5.74, 6) is 0.263. The van der Waals surface area contributed by atoms with Crippen molar-refractivity contribution in [3.8, 4) is 5.75 Å². The number of methoxy groups -OCH3 is 1. The monoisotopic (exact) mass is 331 g/mol. The van der Waals surface area contributed by atoms with E-state index in [9.17, 15) is 9.59 Å². The average molecular weight is 331 g/mol. The highest BCUT2D eigenvalue weighted by molar-refractivity contribution is 5.89. The molecule has 2 rings (SSSR count). The third-order valence-corrected chi connectivity index (χ3v) is 3.44. The number of anilines is 1. The number of nitrogens with two attached hydrogens (primary N) is 1. The van der Waals surface area contributed by atoms with E-state index in [1.807, 2.05) is 31.2 Å². The van der Waals surface area contributed by atoms with E-state index >= 15 is 0 Å². The van der Waals surface area contributed by atoms with Crippen molar-refractivity contribution in [3.05, 3.63) is 42.2 Å². The van der Waals surface area contributed by atoms with Crippen LogP contribution in [0.3, 0.4) is 0 Å². The van der Waals surface area contributed by atoms with Gasteiger partial charge in [0.05, 0.1) is 25.0 Å². The van der Waals surface area contributed by atoms with Gasteiger partial charge in [0.2, 0.25) is 5.91 Å². The number of carbonyl (C=O) groups is 2. The van der Waals surface area contributed by atoms with Gasteiger partial charge in [0.25, 0.3) is 0 Å². The maximum atomic E-state index is 12.1. The van der Waals surface area contributed by atoms with Gasteiger partial charge in [0, 0.05) is 6.20 Å². The third kappa shape index (κ3) is 4.73. The summed E-state index contributed by atoms with van der Waals surface area (Å²) in [6, 6.07) is 7.06. The van der Waals surface area contributed by atoms with Crippen LogP contribution in [0.2, 0.25) is 0 Å². The molecule has 1 aromatic carbocycles. The second kappa shape index (κ2) is 8.00. The number of nitrogens with zero attached hydrogens (tertiary/aromatic N) is 2. The summed E-state index contributed by atoms with van der Waals surface area (Å²) in [6.07, 6.45) is 3.73. The highest BCUT2D eigenvalue weighted by Crippen LogP contribution is 2.20. The number of ether oxygens (including phenoxy) is 1. The summed E-state index contributed by atoms with van der Waals surface area (Å²) in [4.78, 5) is 23.0. The molecule has 1 atom stereocenters. The van der Waals surface area contributed by atoms with Crippen LogP contribution in [0.1, 0.15) is 24.9 Å². The fourth-order valence-electron chi connectivity index (χ4n) is 2.26. The van der Waals surface area contributed by atoms with Crippen molar-refractivity contribution >= 4 is 17.6 Å². The van der Waals surface area contributed by atoms with E-state index < -0.39 is 5.91 Å². The van der Waals surface area contributed by atoms with Gasteiger partial charge in [-0.05, 0) is 24.1 Å². The molecule has 0 aliphatic heterocycles. The molecule has 0 aliphatic carbocycles. The number of amides is 3. The van der Waals surface area contributed by atoms with Crippen LogP contribution in [0.15, 0.2) is 36.7 Å². The number of primary amides is 1. The number of aromatic nitrogens is 2. The number of urea groups is 1. The molecule has 0 fully saturated rings. The summed E-state index contributed by atoms with van der Waals surface area (Å²) in [5.41, 5.74) is 6.56. The molecule has 0 saturated carbocycles. The Morgan fingerprint density at radius 2 is 2.04 bits per heavy atom. The molecule has 3 amide bonds. The molecule has 0 radical (unpaired) electrons. The van der Waals surface area contributed by atoms with Gasteiger partial charge < -0.3 is 21.1 Å². The van der Waals surface area contributed by atoms with Gasteiger partial charge in [-0.3, -0.25) is 9.48 Å². The Kier molecular flexibility index (Phi) is 5.78. The van der Waals surface area contributed by atoms with E-state index in [0.717, 1.165) is 17.7 Å². The summed E-state index contributed by atoms with van der Waals surface area (Å²) in [6.45, 7) is 1.95. The first-order valence-corrected chi connectivity index (χ1v) is 7.54. The van der Waals surface area contributed by atoms with E-state index in [-0.39, 0.29) is 18.6 Å². The fraction of sp³-hybridized carbons (Fsp3) is 0.312. The smallest absolute Gasteiger partial charge is 0.319 e. The van der Waals surface area contributed by atoms with Crippen molar-refractivity contribution < 1.29 is 14.3 Å². The first-order chi connectivity index (χ1) is 11.5. The second-order valence-corrected chi connectivity index (χ2v) is 5.23. The Balaban J connectivity index is 1.95. The van der Waals surface area contributed by atoms with Gasteiger partial charge >= 0.3 is 6.03 Å². The van der Waals surface area contributed by atoms with Crippen LogP contribution >= 0.6 is 0 Å². The van der Waals surface area contributed by atoms with Crippen molar-refractivity contribution in [3.63, 3.8) is 0 Å². The molecule has 24 heavy (non-hydrogen) atoms. The Hall–Kier alpha value is -3.03. The Morgan fingerprint density at radius 1 is 1.33 bits per heavy atom. The molecule has 0 saturated heterocycles. The van der Waals surface area contributed by atoms with Crippen LogP contribution < -0.4 is 21.1 Å². The SMILES string of the molecule is CC[C@H](NC(=O)Nc1cnn(CC(N)=O)c1)c1ccc(OC)cc1. The molecule has 128 valence electrons. The molecule has 1 aromatic heterocycles. The predicted octanol–water partition coefficient (Wildman–Crippen LogP) is 1.65. The minimum Gasteiger partial charge on any atom is -0.497 e. The zero-order chi connectivity index (χ0) is 17.5. The van der Waals surface area contributed by atoms with Crippen LogP contribution in [-0.2, 0) is 11.3 Å². The molecule has 1 heterocycles. The van der Waals surface area contributed by atoms with Crippen molar-refractivity contribution in [1.29, 1.82) is 0 Å². The van der Waals surface area contributed by atoms with Gasteiger partial charge in [-0.25, -0.2) is 4.79 Å². The van der Waals surface area contributed by atoms with Crippen LogP contribution in [-0.4, -0.2) is 28.8 Å². The molecule has 0 unspecified atom stereocenters. The lowest BCUT2D eigenvalue weighted by molar-refractivity contribution is -0.118. The maximum Gasteiger partial charge on any atom is 0.319 e. The molecule has 0 bridgehead atoms. The molecule has 2 aromatic rings. The Labute approximate surface area is 140 Å². The van der Waals surface area contributed by atoms with Gasteiger partial charge in [0.1, 0.15) is 12.3 Å². The maximum absolute atomic E-state index is 12.1.